The van der Waals surface area contributed by atoms with Gasteiger partial charge < -0.3 is 21.9 Å². The summed E-state index contributed by atoms with van der Waals surface area (Å²) >= 11 is 0. The molecule has 0 unspecified atom stereocenters. The van der Waals surface area contributed by atoms with Crippen molar-refractivity contribution in [3.8, 4) is 0 Å². The van der Waals surface area contributed by atoms with Crippen LogP contribution in [0.3, 0.4) is 0 Å². The molecule has 6 N–H and O–H groups in total. The van der Waals surface area contributed by atoms with E-state index in [2.05, 4.69) is 20.6 Å². The molecule has 1 amide bonds. The number of aromatic nitrogens is 3. The Hall–Kier alpha value is -3.14. The molecule has 0 fully saturated rings. The third kappa shape index (κ3) is 6.77. The molecule has 0 saturated carbocycles. The summed E-state index contributed by atoms with van der Waals surface area (Å²) in [7, 11) is 0. The van der Waals surface area contributed by atoms with E-state index in [-0.39, 0.29) is 43.8 Å². The van der Waals surface area contributed by atoms with E-state index in [0.717, 1.165) is 0 Å². The lowest BCUT2D eigenvalue weighted by molar-refractivity contribution is -0.137. The van der Waals surface area contributed by atoms with Gasteiger partial charge in [0.25, 0.3) is 0 Å². The van der Waals surface area contributed by atoms with E-state index in [4.69, 9.17) is 16.6 Å². The molecule has 26 heavy (non-hydrogen) atoms. The van der Waals surface area contributed by atoms with Gasteiger partial charge in [0, 0.05) is 0 Å². The van der Waals surface area contributed by atoms with Gasteiger partial charge in [0.05, 0.1) is 25.2 Å². The van der Waals surface area contributed by atoms with Gasteiger partial charge in [0.1, 0.15) is 12.2 Å². The van der Waals surface area contributed by atoms with Crippen molar-refractivity contribution in [1.82, 2.24) is 20.3 Å². The zero-order valence-corrected chi connectivity index (χ0v) is 14.6. The number of carboxylic acid groups (broad SMARTS) is 1. The van der Waals surface area contributed by atoms with Crippen LogP contribution in [0.1, 0.15) is 23.7 Å². The third-order valence-corrected chi connectivity index (χ3v) is 3.23. The Balaban J connectivity index is 0.00000338. The van der Waals surface area contributed by atoms with Crippen LogP contribution in [-0.4, -0.2) is 37.9 Å². The molecule has 0 aliphatic rings. The van der Waals surface area contributed by atoms with Gasteiger partial charge in [0.2, 0.25) is 5.91 Å². The minimum absolute atomic E-state index is 0. The highest BCUT2D eigenvalue weighted by atomic mass is 35.5. The predicted molar refractivity (Wildman–Crippen MR) is 96.4 cm³/mol. The second-order valence-electron chi connectivity index (χ2n) is 5.28. The largest absolute Gasteiger partial charge is 0.481 e. The lowest BCUT2D eigenvalue weighted by atomic mass is 10.0. The van der Waals surface area contributed by atoms with Crippen molar-refractivity contribution >= 4 is 30.2 Å². The zero-order valence-electron chi connectivity index (χ0n) is 13.8. The number of halogens is 1. The number of carbonyl (C=O) groups excluding carboxylic acids is 1. The van der Waals surface area contributed by atoms with Gasteiger partial charge in [-0.2, -0.15) is 0 Å². The van der Waals surface area contributed by atoms with Gasteiger partial charge in [-0.3, -0.25) is 9.59 Å². The monoisotopic (exact) mass is 381 g/mol. The van der Waals surface area contributed by atoms with Crippen molar-refractivity contribution in [1.29, 1.82) is 0 Å². The first-order chi connectivity index (χ1) is 11.9. The molecule has 2 rings (SSSR count). The molecule has 0 radical (unpaired) electrons. The van der Waals surface area contributed by atoms with Crippen molar-refractivity contribution < 1.29 is 14.7 Å². The Labute approximate surface area is 155 Å². The van der Waals surface area contributed by atoms with Gasteiger partial charge in [-0.15, -0.1) is 17.5 Å². The molecule has 1 heterocycles. The summed E-state index contributed by atoms with van der Waals surface area (Å²) in [5.41, 5.74) is 11.7. The maximum absolute atomic E-state index is 12.2. The van der Waals surface area contributed by atoms with E-state index in [9.17, 15) is 9.59 Å². The molecule has 0 aliphatic carbocycles. The molecule has 0 saturated heterocycles. The smallest absolute Gasteiger partial charge is 0.305 e. The van der Waals surface area contributed by atoms with Crippen LogP contribution >= 0.6 is 12.4 Å². The van der Waals surface area contributed by atoms with E-state index in [1.54, 1.807) is 30.5 Å². The average Bonchev–Trinajstić information content (AvgIpc) is 3.00. The number of nitrogens with one attached hydrogen (secondary N) is 1. The molecule has 0 aliphatic heterocycles. The molecular weight excluding hydrogens is 362 g/mol. The number of carboxylic acids is 1. The van der Waals surface area contributed by atoms with Crippen LogP contribution in [0.2, 0.25) is 0 Å². The summed E-state index contributed by atoms with van der Waals surface area (Å²) in [6.07, 6.45) is 1.32. The normalized spacial score (nSPS) is 11.1. The Morgan fingerprint density at radius 2 is 1.96 bits per heavy atom. The number of nitrogens with zero attached hydrogens (tertiary/aromatic N) is 4. The molecule has 10 nitrogen and oxygen atoms in total. The number of guanidine groups is 1. The van der Waals surface area contributed by atoms with Crippen molar-refractivity contribution in [2.45, 2.75) is 25.6 Å². The van der Waals surface area contributed by atoms with Crippen LogP contribution < -0.4 is 16.8 Å². The van der Waals surface area contributed by atoms with E-state index in [0.29, 0.717) is 11.3 Å². The van der Waals surface area contributed by atoms with Crippen LogP contribution in [-0.2, 0) is 22.7 Å². The lowest BCUT2D eigenvalue weighted by Gasteiger charge is -2.17. The number of hydrogen-bond acceptors (Lipinski definition) is 5. The van der Waals surface area contributed by atoms with E-state index in [1.165, 1.54) is 4.68 Å². The number of rotatable bonds is 8. The number of carbonyl (C=O) groups is 2. The topological polar surface area (TPSA) is 162 Å². The summed E-state index contributed by atoms with van der Waals surface area (Å²) in [6.45, 7) is 0.0629. The molecular formula is C15H20ClN7O3. The second kappa shape index (κ2) is 9.99. The van der Waals surface area contributed by atoms with Gasteiger partial charge >= 0.3 is 5.97 Å². The first-order valence-electron chi connectivity index (χ1n) is 7.44. The van der Waals surface area contributed by atoms with Gasteiger partial charge in [-0.1, -0.05) is 35.5 Å². The Morgan fingerprint density at radius 3 is 2.58 bits per heavy atom. The summed E-state index contributed by atoms with van der Waals surface area (Å²) in [6, 6.07) is 8.27. The van der Waals surface area contributed by atoms with Crippen LogP contribution in [0.5, 0.6) is 0 Å². The maximum atomic E-state index is 12.2. The Bertz CT molecular complexity index is 760. The van der Waals surface area contributed by atoms with Crippen LogP contribution in [0, 0.1) is 0 Å². The quantitative estimate of drug-likeness (QED) is 0.363. The third-order valence-electron chi connectivity index (χ3n) is 3.23. The van der Waals surface area contributed by atoms with E-state index in [1.807, 2.05) is 6.07 Å². The van der Waals surface area contributed by atoms with Crippen molar-refractivity contribution in [3.05, 3.63) is 47.8 Å². The predicted octanol–water partition coefficient (Wildman–Crippen LogP) is -0.194. The van der Waals surface area contributed by atoms with Crippen LogP contribution in [0.25, 0.3) is 0 Å². The molecule has 0 bridgehead atoms. The maximum Gasteiger partial charge on any atom is 0.305 e. The SMILES string of the molecule is Cl.NC(N)=NCc1cn(CC(=O)N[C@H](CC(=O)O)c2ccccc2)nn1. The van der Waals surface area contributed by atoms with Gasteiger partial charge in [0.15, 0.2) is 5.96 Å². The zero-order chi connectivity index (χ0) is 18.2. The minimum Gasteiger partial charge on any atom is -0.481 e. The lowest BCUT2D eigenvalue weighted by Crippen LogP contribution is -2.33. The van der Waals surface area contributed by atoms with Gasteiger partial charge in [-0.05, 0) is 5.56 Å². The molecule has 1 aromatic heterocycles. The Kier molecular flexibility index (Phi) is 8.03. The summed E-state index contributed by atoms with van der Waals surface area (Å²) in [5.74, 6) is -1.45. The van der Waals surface area contributed by atoms with Crippen molar-refractivity contribution in [3.63, 3.8) is 0 Å². The number of nitrogens with two attached hydrogens (primary N) is 2. The number of aliphatic carboxylic acids is 1. The Morgan fingerprint density at radius 1 is 1.27 bits per heavy atom. The molecule has 0 spiro atoms. The highest BCUT2D eigenvalue weighted by molar-refractivity contribution is 5.85. The van der Waals surface area contributed by atoms with E-state index >= 15 is 0 Å². The van der Waals surface area contributed by atoms with Gasteiger partial charge in [-0.25, -0.2) is 9.67 Å². The fourth-order valence-corrected chi connectivity index (χ4v) is 2.16. The highest BCUT2D eigenvalue weighted by Gasteiger charge is 2.18. The molecule has 1 atom stereocenters. The van der Waals surface area contributed by atoms with Crippen molar-refractivity contribution in [2.24, 2.45) is 16.5 Å². The van der Waals surface area contributed by atoms with Crippen LogP contribution in [0.15, 0.2) is 41.5 Å². The number of benzene rings is 1. The molecule has 2 aromatic rings. The molecule has 140 valence electrons. The molecule has 1 aromatic carbocycles. The molecule has 11 heteroatoms. The van der Waals surface area contributed by atoms with Crippen molar-refractivity contribution in [2.75, 3.05) is 0 Å². The summed E-state index contributed by atoms with van der Waals surface area (Å²) in [5, 5.41) is 19.4. The summed E-state index contributed by atoms with van der Waals surface area (Å²) < 4.78 is 1.33. The number of aliphatic imine (C=N–C) groups is 1. The highest BCUT2D eigenvalue weighted by Crippen LogP contribution is 2.16. The van der Waals surface area contributed by atoms with Crippen LogP contribution in [0.4, 0.5) is 0 Å². The summed E-state index contributed by atoms with van der Waals surface area (Å²) in [4.78, 5) is 27.0. The first kappa shape index (κ1) is 20.9. The fourth-order valence-electron chi connectivity index (χ4n) is 2.16. The van der Waals surface area contributed by atoms with E-state index < -0.39 is 12.0 Å². The minimum atomic E-state index is -1.01. The average molecular weight is 382 g/mol. The standard InChI is InChI=1S/C15H19N7O3.ClH/c16-15(17)18-7-11-8-22(21-20-11)9-13(23)19-12(6-14(24)25)10-4-2-1-3-5-10;/h1-5,8,12H,6-7,9H2,(H,19,23)(H,24,25)(H4,16,17,18);1H/t12-;/m1./s1. The fraction of sp³-hybridized carbons (Fsp3) is 0.267. The number of hydrogen-bond donors (Lipinski definition) is 4. The first-order valence-corrected chi connectivity index (χ1v) is 7.44. The number of amides is 1. The second-order valence-corrected chi connectivity index (χ2v) is 5.28.